The number of hydrogen-bond donors (Lipinski definition) is 1. The van der Waals surface area contributed by atoms with Crippen LogP contribution >= 0.6 is 11.3 Å². The van der Waals surface area contributed by atoms with Crippen LogP contribution in [0.4, 0.5) is 10.1 Å². The van der Waals surface area contributed by atoms with E-state index in [0.717, 1.165) is 18.4 Å². The first-order valence-electron chi connectivity index (χ1n) is 13.9. The Labute approximate surface area is 242 Å². The second-order valence-electron chi connectivity index (χ2n) is 9.74. The molecular weight excluding hydrogens is 563 g/mol. The van der Waals surface area contributed by atoms with E-state index in [0.29, 0.717) is 24.4 Å². The van der Waals surface area contributed by atoms with E-state index in [1.165, 1.54) is 70.3 Å². The van der Waals surface area contributed by atoms with Gasteiger partial charge in [-0.3, -0.25) is 4.79 Å². The number of unbranched alkanes of at least 4 members (excludes halogenated alkanes) is 11. The topological polar surface area (TPSA) is 42.2 Å². The molecule has 0 aliphatic carbocycles. The van der Waals surface area contributed by atoms with Crippen LogP contribution in [-0.2, 0) is 6.54 Å². The summed E-state index contributed by atoms with van der Waals surface area (Å²) in [7, 11) is 0. The molecule has 1 amide bonds. The van der Waals surface area contributed by atoms with Crippen LogP contribution in [0, 0.1) is 5.82 Å². The quantitative estimate of drug-likeness (QED) is 0.153. The number of nitrogens with zero attached hydrogens (tertiary/aromatic N) is 1. The highest BCUT2D eigenvalue weighted by atomic mass is 79.9. The number of carbonyl (C=O) groups is 1. The summed E-state index contributed by atoms with van der Waals surface area (Å²) in [6.45, 7) is 3.47. The number of carbonyl (C=O) groups excluding carboxylic acids is 1. The summed E-state index contributed by atoms with van der Waals surface area (Å²) < 4.78 is 22.3. The van der Waals surface area contributed by atoms with Crippen molar-refractivity contribution in [2.24, 2.45) is 0 Å². The molecule has 7 heteroatoms. The van der Waals surface area contributed by atoms with E-state index < -0.39 is 5.82 Å². The molecule has 0 radical (unpaired) electrons. The van der Waals surface area contributed by atoms with Crippen LogP contribution in [0.3, 0.4) is 0 Å². The Bertz CT molecular complexity index is 1060. The number of amides is 1. The highest BCUT2D eigenvalue weighted by Crippen LogP contribution is 2.22. The molecule has 0 aliphatic rings. The molecule has 0 atom stereocenters. The second kappa shape index (κ2) is 18.9. The maximum Gasteiger partial charge on any atom is 0.255 e. The normalized spacial score (nSPS) is 10.7. The molecule has 0 saturated heterocycles. The summed E-state index contributed by atoms with van der Waals surface area (Å²) in [5.74, 6) is -0.489. The number of ether oxygens (including phenoxy) is 1. The Balaban J connectivity index is 0.00000507. The third-order valence-corrected chi connectivity index (χ3v) is 7.20. The van der Waals surface area contributed by atoms with Gasteiger partial charge < -0.3 is 27.0 Å². The summed E-state index contributed by atoms with van der Waals surface area (Å²) in [6.07, 6.45) is 17.4. The first-order chi connectivity index (χ1) is 18.2. The minimum atomic E-state index is -0.459. The van der Waals surface area contributed by atoms with E-state index in [-0.39, 0.29) is 28.6 Å². The van der Waals surface area contributed by atoms with Gasteiger partial charge in [-0.2, -0.15) is 4.57 Å². The van der Waals surface area contributed by atoms with E-state index in [9.17, 15) is 9.18 Å². The largest absolute Gasteiger partial charge is 1.00 e. The minimum Gasteiger partial charge on any atom is -1.00 e. The lowest BCUT2D eigenvalue weighted by Crippen LogP contribution is -3.00. The summed E-state index contributed by atoms with van der Waals surface area (Å²) in [6, 6.07) is 12.1. The number of benzene rings is 2. The maximum atomic E-state index is 14.5. The van der Waals surface area contributed by atoms with E-state index in [1.807, 2.05) is 35.3 Å². The molecule has 0 bridgehead atoms. The van der Waals surface area contributed by atoms with Gasteiger partial charge in [0.15, 0.2) is 24.3 Å². The molecule has 3 rings (SSSR count). The van der Waals surface area contributed by atoms with Crippen molar-refractivity contribution in [1.82, 2.24) is 0 Å². The summed E-state index contributed by atoms with van der Waals surface area (Å²) >= 11 is 1.62. The SMILES string of the molecule is CCCCCCCCCCCCCCOc1ccc(NC(=O)c2cccc(C[n+]3ccsc3)c2)cc1F.[Br-]. The maximum absolute atomic E-state index is 14.5. The molecule has 0 aliphatic heterocycles. The first kappa shape index (κ1) is 32.0. The zero-order valence-electron chi connectivity index (χ0n) is 22.6. The van der Waals surface area contributed by atoms with Gasteiger partial charge >= 0.3 is 0 Å². The average Bonchev–Trinajstić information content (AvgIpc) is 3.41. The van der Waals surface area contributed by atoms with Crippen molar-refractivity contribution in [3.05, 3.63) is 76.5 Å². The highest BCUT2D eigenvalue weighted by Gasteiger charge is 2.11. The third-order valence-electron chi connectivity index (χ3n) is 6.53. The molecule has 0 spiro atoms. The predicted octanol–water partition coefficient (Wildman–Crippen LogP) is 5.56. The van der Waals surface area contributed by atoms with Gasteiger partial charge in [0, 0.05) is 22.9 Å². The van der Waals surface area contributed by atoms with Crippen LogP contribution in [0.5, 0.6) is 5.75 Å². The lowest BCUT2D eigenvalue weighted by molar-refractivity contribution is -0.683. The van der Waals surface area contributed by atoms with E-state index in [2.05, 4.69) is 16.8 Å². The summed E-state index contributed by atoms with van der Waals surface area (Å²) in [5.41, 5.74) is 4.01. The number of halogens is 2. The summed E-state index contributed by atoms with van der Waals surface area (Å²) in [5, 5.41) is 4.80. The molecule has 0 fully saturated rings. The fourth-order valence-electron chi connectivity index (χ4n) is 4.40. The Hall–Kier alpha value is -2.25. The van der Waals surface area contributed by atoms with E-state index in [4.69, 9.17) is 4.74 Å². The molecule has 0 unspecified atom stereocenters. The van der Waals surface area contributed by atoms with Gasteiger partial charge in [-0.25, -0.2) is 4.39 Å². The van der Waals surface area contributed by atoms with Crippen LogP contribution in [0.15, 0.2) is 59.6 Å². The van der Waals surface area contributed by atoms with Crippen molar-refractivity contribution < 1.29 is 35.5 Å². The van der Waals surface area contributed by atoms with Crippen LogP contribution in [0.25, 0.3) is 0 Å². The van der Waals surface area contributed by atoms with Gasteiger partial charge in [-0.05, 0) is 30.7 Å². The fourth-order valence-corrected chi connectivity index (χ4v) is 5.00. The van der Waals surface area contributed by atoms with Crippen molar-refractivity contribution in [3.8, 4) is 5.75 Å². The van der Waals surface area contributed by atoms with Crippen LogP contribution < -0.4 is 31.6 Å². The lowest BCUT2D eigenvalue weighted by atomic mass is 10.1. The van der Waals surface area contributed by atoms with Crippen molar-refractivity contribution in [2.75, 3.05) is 11.9 Å². The number of aromatic nitrogens is 1. The Morgan fingerprint density at radius 1 is 0.921 bits per heavy atom. The Kier molecular flexibility index (Phi) is 15.9. The number of anilines is 1. The van der Waals surface area contributed by atoms with Crippen LogP contribution in [0.2, 0.25) is 0 Å². The van der Waals surface area contributed by atoms with Crippen LogP contribution in [0.1, 0.15) is 99.9 Å². The van der Waals surface area contributed by atoms with Crippen LogP contribution in [-0.4, -0.2) is 12.5 Å². The zero-order chi connectivity index (χ0) is 26.1. The summed E-state index contributed by atoms with van der Waals surface area (Å²) in [4.78, 5) is 12.7. The van der Waals surface area contributed by atoms with Gasteiger partial charge in [0.25, 0.3) is 5.91 Å². The van der Waals surface area contributed by atoms with E-state index >= 15 is 0 Å². The molecule has 0 saturated carbocycles. The average molecular weight is 606 g/mol. The zero-order valence-corrected chi connectivity index (χ0v) is 25.0. The van der Waals surface area contributed by atoms with Gasteiger partial charge in [0.05, 0.1) is 12.0 Å². The fraction of sp³-hybridized carbons (Fsp3) is 0.484. The number of rotatable bonds is 18. The number of hydrogen-bond acceptors (Lipinski definition) is 3. The van der Waals surface area contributed by atoms with E-state index in [1.54, 1.807) is 29.5 Å². The lowest BCUT2D eigenvalue weighted by Gasteiger charge is -2.10. The molecule has 1 aromatic heterocycles. The van der Waals surface area contributed by atoms with Crippen molar-refractivity contribution in [1.29, 1.82) is 0 Å². The number of nitrogens with one attached hydrogen (secondary N) is 1. The smallest absolute Gasteiger partial charge is 0.255 e. The van der Waals surface area contributed by atoms with Gasteiger partial charge in [-0.1, -0.05) is 101 Å². The van der Waals surface area contributed by atoms with Gasteiger partial charge in [0.1, 0.15) is 0 Å². The van der Waals surface area contributed by atoms with Crippen molar-refractivity contribution >= 4 is 22.9 Å². The van der Waals surface area contributed by atoms with Crippen molar-refractivity contribution in [3.63, 3.8) is 0 Å². The number of thiazole rings is 1. The minimum absolute atomic E-state index is 0. The molecule has 1 heterocycles. The molecule has 1 N–H and O–H groups in total. The predicted molar refractivity (Wildman–Crippen MR) is 151 cm³/mol. The Morgan fingerprint density at radius 3 is 2.24 bits per heavy atom. The molecule has 3 aromatic rings. The Morgan fingerprint density at radius 2 is 1.61 bits per heavy atom. The standard InChI is InChI=1S/C31H41FN2O2S.BrH/c1-2-3-4-5-6-7-8-9-10-11-12-13-20-36-30-18-17-28(23-29(30)32)33-31(35)27-16-14-15-26(22-27)24-34-19-21-37-25-34;/h14-19,21-23,25H,2-13,20,24H2,1H3;1H. The third kappa shape index (κ3) is 12.1. The van der Waals surface area contributed by atoms with Crippen molar-refractivity contribution in [2.45, 2.75) is 90.5 Å². The first-order valence-corrected chi connectivity index (χ1v) is 14.8. The molecule has 4 nitrogen and oxygen atoms in total. The van der Waals surface area contributed by atoms with Gasteiger partial charge in [0.2, 0.25) is 5.51 Å². The molecule has 2 aromatic carbocycles. The molecular formula is C31H42BrFN2O2S. The molecule has 38 heavy (non-hydrogen) atoms. The van der Waals surface area contributed by atoms with Gasteiger partial charge in [-0.15, -0.1) is 0 Å². The second-order valence-corrected chi connectivity index (χ2v) is 10.5. The molecule has 208 valence electrons. The monoisotopic (exact) mass is 604 g/mol. The highest BCUT2D eigenvalue weighted by molar-refractivity contribution is 7.07.